The second kappa shape index (κ2) is 17.0. The molecule has 0 aliphatic rings. The maximum absolute atomic E-state index is 5.17. The van der Waals surface area contributed by atoms with E-state index in [1.807, 2.05) is 29.5 Å². The van der Waals surface area contributed by atoms with Gasteiger partial charge in [-0.05, 0) is 73.5 Å². The Kier molecular flexibility index (Phi) is 12.6. The second-order valence-electron chi connectivity index (χ2n) is 17.8. The molecule has 5 aromatic carbocycles. The van der Waals surface area contributed by atoms with Crippen molar-refractivity contribution in [2.75, 3.05) is 0 Å². The van der Waals surface area contributed by atoms with Gasteiger partial charge in [0.2, 0.25) is 0 Å². The van der Waals surface area contributed by atoms with Crippen molar-refractivity contribution in [2.24, 2.45) is 5.41 Å². The molecule has 1 radical (unpaired) electrons. The predicted molar refractivity (Wildman–Crippen MR) is 246 cm³/mol. The summed E-state index contributed by atoms with van der Waals surface area (Å²) in [4.78, 5) is 9.91. The van der Waals surface area contributed by atoms with E-state index in [-0.39, 0.29) is 25.5 Å². The number of hydrogen-bond acceptors (Lipinski definition) is 3. The van der Waals surface area contributed by atoms with E-state index in [0.29, 0.717) is 17.8 Å². The zero-order valence-corrected chi connectivity index (χ0v) is 39.5. The normalized spacial score (nSPS) is 12.6. The van der Waals surface area contributed by atoms with Crippen LogP contribution in [0.5, 0.6) is 0 Å². The molecule has 6 heteroatoms. The maximum Gasteiger partial charge on any atom is 0.0799 e. The molecule has 8 rings (SSSR count). The van der Waals surface area contributed by atoms with E-state index in [0.717, 1.165) is 33.7 Å². The summed E-state index contributed by atoms with van der Waals surface area (Å²) < 4.78 is 4.95. The molecule has 3 nitrogen and oxygen atoms in total. The molecule has 0 bridgehead atoms. The minimum absolute atomic E-state index is 0. The van der Waals surface area contributed by atoms with E-state index in [4.69, 9.17) is 9.97 Å². The molecule has 3 aromatic heterocycles. The predicted octanol–water partition coefficient (Wildman–Crippen LogP) is 14.3. The number of rotatable bonds is 7. The van der Waals surface area contributed by atoms with E-state index >= 15 is 0 Å². The molecule has 0 saturated heterocycles. The van der Waals surface area contributed by atoms with Crippen molar-refractivity contribution in [3.63, 3.8) is 0 Å². The molecule has 0 aliphatic heterocycles. The molecular weight excluding hydrogens is 907 g/mol. The Morgan fingerprint density at radius 1 is 0.684 bits per heavy atom. The SMILES string of the molecule is CC(C)c1cccc(C(C)C)c1-n1c(-c2[c-]cc3sc4ccccc4c3c2)nc2ccccc21.CC(c1cc(-c2[c-]cccc2)ncc1[Si](C)(C)C)C(C)(C)C.[Ir]. The van der Waals surface area contributed by atoms with Crippen LogP contribution in [0.25, 0.3) is 59.5 Å². The van der Waals surface area contributed by atoms with E-state index in [2.05, 4.69) is 189 Å². The van der Waals surface area contributed by atoms with Crippen molar-refractivity contribution in [3.05, 3.63) is 144 Å². The summed E-state index contributed by atoms with van der Waals surface area (Å²) in [5.41, 5.74) is 10.9. The number of hydrogen-bond donors (Lipinski definition) is 0. The van der Waals surface area contributed by atoms with Gasteiger partial charge in [-0.1, -0.05) is 141 Å². The first-order chi connectivity index (χ1) is 26.6. The Morgan fingerprint density at radius 3 is 2.00 bits per heavy atom. The van der Waals surface area contributed by atoms with Gasteiger partial charge in [0.15, 0.2) is 0 Å². The van der Waals surface area contributed by atoms with Gasteiger partial charge in [-0.15, -0.1) is 59.7 Å². The summed E-state index contributed by atoms with van der Waals surface area (Å²) >= 11 is 1.83. The molecule has 0 aliphatic carbocycles. The largest absolute Gasteiger partial charge is 0.333 e. The third-order valence-corrected chi connectivity index (χ3v) is 14.3. The van der Waals surface area contributed by atoms with Crippen LogP contribution < -0.4 is 5.19 Å². The van der Waals surface area contributed by atoms with E-state index in [9.17, 15) is 0 Å². The molecule has 1 unspecified atom stereocenters. The van der Waals surface area contributed by atoms with Crippen LogP contribution in [-0.4, -0.2) is 22.6 Å². The van der Waals surface area contributed by atoms with Gasteiger partial charge >= 0.3 is 0 Å². The molecule has 57 heavy (non-hydrogen) atoms. The molecule has 0 fully saturated rings. The molecule has 0 N–H and O–H groups in total. The van der Waals surface area contributed by atoms with Crippen LogP contribution in [0.4, 0.5) is 0 Å². The Bertz CT molecular complexity index is 2610. The number of imidazole rings is 1. The zero-order valence-electron chi connectivity index (χ0n) is 35.3. The molecule has 1 atom stereocenters. The fraction of sp³-hybridized carbons (Fsp3) is 0.294. The van der Waals surface area contributed by atoms with Crippen LogP contribution in [0.3, 0.4) is 0 Å². The van der Waals surface area contributed by atoms with Crippen LogP contribution in [0.15, 0.2) is 115 Å². The molecule has 3 heterocycles. The number of para-hydroxylation sites is 3. The van der Waals surface area contributed by atoms with Crippen LogP contribution >= 0.6 is 11.3 Å². The van der Waals surface area contributed by atoms with E-state index in [1.54, 1.807) is 0 Å². The van der Waals surface area contributed by atoms with Gasteiger partial charge in [-0.25, -0.2) is 0 Å². The molecule has 0 saturated carbocycles. The average Bonchev–Trinajstić information content (AvgIpc) is 3.75. The molecule has 8 aromatic rings. The van der Waals surface area contributed by atoms with Crippen molar-refractivity contribution < 1.29 is 20.1 Å². The Labute approximate surface area is 359 Å². The second-order valence-corrected chi connectivity index (χ2v) is 24.0. The van der Waals surface area contributed by atoms with E-state index in [1.165, 1.54) is 47.7 Å². The van der Waals surface area contributed by atoms with Gasteiger partial charge in [0.1, 0.15) is 0 Å². The Morgan fingerprint density at radius 2 is 1.35 bits per heavy atom. The summed E-state index contributed by atoms with van der Waals surface area (Å²) in [6.07, 6.45) is 2.12. The number of nitrogens with zero attached hydrogens (tertiary/aromatic N) is 3. The molecule has 0 amide bonds. The summed E-state index contributed by atoms with van der Waals surface area (Å²) in [6.45, 7) is 25.6. The van der Waals surface area contributed by atoms with Crippen molar-refractivity contribution in [2.45, 2.75) is 92.8 Å². The van der Waals surface area contributed by atoms with Gasteiger partial charge in [0.05, 0.1) is 24.9 Å². The van der Waals surface area contributed by atoms with Crippen LogP contribution in [0.1, 0.15) is 89.8 Å². The topological polar surface area (TPSA) is 30.7 Å². The minimum Gasteiger partial charge on any atom is -0.333 e. The molecular formula is C51H55IrN3SSi-2. The van der Waals surface area contributed by atoms with Gasteiger partial charge in [-0.2, -0.15) is 11.3 Å². The number of fused-ring (bicyclic) bond motifs is 4. The summed E-state index contributed by atoms with van der Waals surface area (Å²) in [6, 6.07) is 45.5. The number of aromatic nitrogens is 3. The van der Waals surface area contributed by atoms with Gasteiger partial charge in [-0.3, -0.25) is 4.98 Å². The zero-order chi connectivity index (χ0) is 39.9. The van der Waals surface area contributed by atoms with Crippen LogP contribution in [0, 0.1) is 17.5 Å². The summed E-state index contributed by atoms with van der Waals surface area (Å²) in [5.74, 6) is 2.25. The van der Waals surface area contributed by atoms with Crippen molar-refractivity contribution >= 4 is 55.8 Å². The number of pyridine rings is 1. The van der Waals surface area contributed by atoms with E-state index < -0.39 is 8.07 Å². The summed E-state index contributed by atoms with van der Waals surface area (Å²) in [5, 5.41) is 4.05. The quantitative estimate of drug-likeness (QED) is 0.118. The van der Waals surface area contributed by atoms with Crippen LogP contribution in [-0.2, 0) is 20.1 Å². The van der Waals surface area contributed by atoms with Crippen molar-refractivity contribution in [1.82, 2.24) is 14.5 Å². The molecule has 0 spiro atoms. The number of thiophene rings is 1. The van der Waals surface area contributed by atoms with Gasteiger partial charge < -0.3 is 9.55 Å². The van der Waals surface area contributed by atoms with Gasteiger partial charge in [0.25, 0.3) is 0 Å². The number of benzene rings is 5. The smallest absolute Gasteiger partial charge is 0.0799 e. The third-order valence-electron chi connectivity index (χ3n) is 11.2. The Balaban J connectivity index is 0.000000208. The standard InChI is InChI=1S/C31H27N2S.C20H28NSi.Ir/c1-19(2)22-11-9-12-23(20(3)4)30(22)33-27-14-7-6-13-26(27)32-31(33)21-16-17-29-25(18-21)24-10-5-8-15-28(24)34-29;1-15(20(2,3)4)17-13-18(16-11-9-8-10-12-16)21-14-19(17)22(5,6)7;/h5-15,17-20H,1-4H3;8-11,13-15H,1-7H3;/q2*-1;. The van der Waals surface area contributed by atoms with Crippen LogP contribution in [0.2, 0.25) is 19.6 Å². The first kappa shape index (κ1) is 42.4. The maximum atomic E-state index is 5.17. The van der Waals surface area contributed by atoms with Crippen molar-refractivity contribution in [1.29, 1.82) is 0 Å². The minimum atomic E-state index is -1.42. The fourth-order valence-corrected chi connectivity index (χ4v) is 10.3. The first-order valence-corrected chi connectivity index (χ1v) is 24.4. The Hall–Kier alpha value is -4.19. The average molecular weight is 962 g/mol. The van der Waals surface area contributed by atoms with Gasteiger partial charge in [0, 0.05) is 36.7 Å². The third kappa shape index (κ3) is 8.66. The van der Waals surface area contributed by atoms with Crippen molar-refractivity contribution in [3.8, 4) is 28.3 Å². The monoisotopic (exact) mass is 962 g/mol. The molecule has 295 valence electrons. The first-order valence-electron chi connectivity index (χ1n) is 20.0. The summed E-state index contributed by atoms with van der Waals surface area (Å²) in [7, 11) is -1.42. The fourth-order valence-electron chi connectivity index (χ4n) is 7.62.